The smallest absolute Gasteiger partial charge is 0.416 e. The summed E-state index contributed by atoms with van der Waals surface area (Å²) in [6.45, 7) is 0.304. The highest BCUT2D eigenvalue weighted by Gasteiger charge is 2.32. The Balaban J connectivity index is 1.69. The van der Waals surface area contributed by atoms with Crippen LogP contribution in [0.15, 0.2) is 73.2 Å². The van der Waals surface area contributed by atoms with Crippen molar-refractivity contribution in [2.45, 2.75) is 25.1 Å². The predicted molar refractivity (Wildman–Crippen MR) is 119 cm³/mol. The van der Waals surface area contributed by atoms with Crippen LogP contribution in [0.1, 0.15) is 34.6 Å². The van der Waals surface area contributed by atoms with Crippen molar-refractivity contribution in [2.75, 3.05) is 7.11 Å². The molecule has 0 spiro atoms. The molecule has 2 N–H and O–H groups in total. The fraction of sp³-hybridized carbons (Fsp3) is 0.200. The summed E-state index contributed by atoms with van der Waals surface area (Å²) in [5.41, 5.74) is 2.07. The number of alkyl halides is 3. The Morgan fingerprint density at radius 2 is 1.91 bits per heavy atom. The summed E-state index contributed by atoms with van der Waals surface area (Å²) in [6.07, 6.45) is 0.508. The third kappa shape index (κ3) is 5.16. The van der Waals surface area contributed by atoms with Crippen molar-refractivity contribution in [1.29, 1.82) is 0 Å². The molecule has 2 heterocycles. The van der Waals surface area contributed by atoms with E-state index in [1.165, 1.54) is 6.07 Å². The Morgan fingerprint density at radius 1 is 1.12 bits per heavy atom. The molecule has 170 valence electrons. The lowest BCUT2D eigenvalue weighted by atomic mass is 9.87. The van der Waals surface area contributed by atoms with Crippen molar-refractivity contribution >= 4 is 16.8 Å². The number of H-pyrrole nitrogens is 1. The molecule has 0 saturated heterocycles. The molecule has 0 fully saturated rings. The van der Waals surface area contributed by atoms with Crippen molar-refractivity contribution in [2.24, 2.45) is 0 Å². The summed E-state index contributed by atoms with van der Waals surface area (Å²) in [5, 5.41) is 3.64. The van der Waals surface area contributed by atoms with Crippen LogP contribution in [0.5, 0.6) is 5.75 Å². The zero-order valence-electron chi connectivity index (χ0n) is 17.8. The van der Waals surface area contributed by atoms with E-state index in [0.717, 1.165) is 34.2 Å². The largest absolute Gasteiger partial charge is 0.497 e. The lowest BCUT2D eigenvalue weighted by Crippen LogP contribution is -2.25. The zero-order chi connectivity index (χ0) is 23.4. The first kappa shape index (κ1) is 22.4. The minimum absolute atomic E-state index is 0.0173. The van der Waals surface area contributed by atoms with Gasteiger partial charge < -0.3 is 15.0 Å². The van der Waals surface area contributed by atoms with Gasteiger partial charge in [0.15, 0.2) is 0 Å². The minimum Gasteiger partial charge on any atom is -0.497 e. The van der Waals surface area contributed by atoms with E-state index in [1.807, 2.05) is 12.1 Å². The maximum atomic E-state index is 13.4. The fourth-order valence-corrected chi connectivity index (χ4v) is 3.83. The van der Waals surface area contributed by atoms with Gasteiger partial charge in [0.25, 0.3) is 0 Å². The van der Waals surface area contributed by atoms with Crippen LogP contribution in [0.25, 0.3) is 10.9 Å². The van der Waals surface area contributed by atoms with Gasteiger partial charge in [-0.1, -0.05) is 18.2 Å². The molecule has 4 rings (SSSR count). The summed E-state index contributed by atoms with van der Waals surface area (Å²) < 4.78 is 45.5. The second-order valence-electron chi connectivity index (χ2n) is 7.67. The number of benzene rings is 2. The number of carbonyl (C=O) groups is 1. The Labute approximate surface area is 188 Å². The number of nitrogens with zero attached hydrogens (tertiary/aromatic N) is 1. The van der Waals surface area contributed by atoms with E-state index in [9.17, 15) is 18.0 Å². The number of amides is 1. The molecule has 0 aliphatic carbocycles. The lowest BCUT2D eigenvalue weighted by molar-refractivity contribution is -0.137. The van der Waals surface area contributed by atoms with Crippen LogP contribution < -0.4 is 10.1 Å². The third-order valence-electron chi connectivity index (χ3n) is 5.54. The van der Waals surface area contributed by atoms with E-state index in [-0.39, 0.29) is 12.3 Å². The Bertz CT molecular complexity index is 1250. The van der Waals surface area contributed by atoms with Crippen molar-refractivity contribution in [1.82, 2.24) is 15.3 Å². The van der Waals surface area contributed by atoms with Crippen molar-refractivity contribution in [3.63, 3.8) is 0 Å². The summed E-state index contributed by atoms with van der Waals surface area (Å²) in [7, 11) is 1.55. The van der Waals surface area contributed by atoms with Crippen LogP contribution in [-0.4, -0.2) is 23.0 Å². The molecule has 1 atom stereocenters. The van der Waals surface area contributed by atoms with Crippen molar-refractivity contribution < 1.29 is 22.7 Å². The fourth-order valence-electron chi connectivity index (χ4n) is 3.83. The topological polar surface area (TPSA) is 67.0 Å². The second-order valence-corrected chi connectivity index (χ2v) is 7.67. The number of aromatic amines is 1. The Hall–Kier alpha value is -3.81. The van der Waals surface area contributed by atoms with E-state index >= 15 is 0 Å². The summed E-state index contributed by atoms with van der Waals surface area (Å²) >= 11 is 0. The molecule has 1 amide bonds. The third-order valence-corrected chi connectivity index (χ3v) is 5.54. The summed E-state index contributed by atoms with van der Waals surface area (Å²) in [4.78, 5) is 19.9. The zero-order valence-corrected chi connectivity index (χ0v) is 17.8. The van der Waals surface area contributed by atoms with E-state index in [0.29, 0.717) is 17.9 Å². The average Bonchev–Trinajstić information content (AvgIpc) is 3.24. The maximum absolute atomic E-state index is 13.4. The van der Waals surface area contributed by atoms with Crippen LogP contribution in [0.4, 0.5) is 13.2 Å². The molecular formula is C25H22F3N3O2. The molecule has 33 heavy (non-hydrogen) atoms. The number of aromatic nitrogens is 2. The van der Waals surface area contributed by atoms with Crippen LogP contribution in [0, 0.1) is 0 Å². The standard InChI is InChI=1S/C25H22F3N3O2/c1-33-19-5-6-23-21(12-19)22(15-30-23)20(17-3-2-4-18(11-17)25(26,27)28)13-24(32)31-14-16-7-9-29-10-8-16/h2-12,15,20,30H,13-14H2,1H3,(H,31,32)/t20-/m0/s1. The van der Waals surface area contributed by atoms with Crippen LogP contribution in [0.2, 0.25) is 0 Å². The van der Waals surface area contributed by atoms with Gasteiger partial charge in [-0.2, -0.15) is 13.2 Å². The normalized spacial score (nSPS) is 12.5. The van der Waals surface area contributed by atoms with Crippen molar-refractivity contribution in [3.8, 4) is 5.75 Å². The summed E-state index contributed by atoms with van der Waals surface area (Å²) in [6, 6.07) is 14.2. The quantitative estimate of drug-likeness (QED) is 0.392. The Morgan fingerprint density at radius 3 is 2.64 bits per heavy atom. The predicted octanol–water partition coefficient (Wildman–Crippen LogP) is 5.43. The van der Waals surface area contributed by atoms with Gasteiger partial charge in [0.1, 0.15) is 5.75 Å². The van der Waals surface area contributed by atoms with E-state index < -0.39 is 17.7 Å². The number of fused-ring (bicyclic) bond motifs is 1. The van der Waals surface area contributed by atoms with Crippen LogP contribution in [-0.2, 0) is 17.5 Å². The monoisotopic (exact) mass is 453 g/mol. The SMILES string of the molecule is COc1ccc2[nH]cc([C@@H](CC(=O)NCc3ccncc3)c3cccc(C(F)(F)F)c3)c2c1. The number of ether oxygens (including phenoxy) is 1. The van der Waals surface area contributed by atoms with E-state index in [1.54, 1.807) is 50.0 Å². The number of rotatable bonds is 7. The van der Waals surface area contributed by atoms with E-state index in [4.69, 9.17) is 4.74 Å². The van der Waals surface area contributed by atoms with Crippen LogP contribution >= 0.6 is 0 Å². The second kappa shape index (κ2) is 9.36. The number of hydrogen-bond acceptors (Lipinski definition) is 3. The molecule has 8 heteroatoms. The molecule has 0 radical (unpaired) electrons. The van der Waals surface area contributed by atoms with Gasteiger partial charge in [0, 0.05) is 48.4 Å². The molecule has 5 nitrogen and oxygen atoms in total. The molecule has 4 aromatic rings. The van der Waals surface area contributed by atoms with E-state index in [2.05, 4.69) is 15.3 Å². The molecule has 0 aliphatic heterocycles. The number of hydrogen-bond donors (Lipinski definition) is 2. The summed E-state index contributed by atoms with van der Waals surface area (Å²) in [5.74, 6) is -0.245. The molecule has 0 bridgehead atoms. The lowest BCUT2D eigenvalue weighted by Gasteiger charge is -2.19. The molecule has 2 aromatic heterocycles. The number of methoxy groups -OCH3 is 1. The van der Waals surface area contributed by atoms with Gasteiger partial charge in [-0.15, -0.1) is 0 Å². The van der Waals surface area contributed by atoms with Gasteiger partial charge in [0.05, 0.1) is 12.7 Å². The van der Waals surface area contributed by atoms with Gasteiger partial charge in [-0.25, -0.2) is 0 Å². The van der Waals surface area contributed by atoms with Crippen molar-refractivity contribution in [3.05, 3.63) is 95.4 Å². The first-order chi connectivity index (χ1) is 15.8. The molecular weight excluding hydrogens is 431 g/mol. The number of nitrogens with one attached hydrogen (secondary N) is 2. The van der Waals surface area contributed by atoms with Gasteiger partial charge in [0.2, 0.25) is 5.91 Å². The number of halogens is 3. The first-order valence-corrected chi connectivity index (χ1v) is 10.3. The highest BCUT2D eigenvalue weighted by atomic mass is 19.4. The van der Waals surface area contributed by atoms with Gasteiger partial charge in [-0.3, -0.25) is 9.78 Å². The maximum Gasteiger partial charge on any atom is 0.416 e. The van der Waals surface area contributed by atoms with Gasteiger partial charge >= 0.3 is 6.18 Å². The van der Waals surface area contributed by atoms with Gasteiger partial charge in [-0.05, 0) is 53.1 Å². The molecule has 0 aliphatic rings. The average molecular weight is 453 g/mol. The van der Waals surface area contributed by atoms with Crippen LogP contribution in [0.3, 0.4) is 0 Å². The minimum atomic E-state index is -4.48. The molecule has 0 saturated carbocycles. The number of pyridine rings is 1. The Kier molecular flexibility index (Phi) is 6.35. The number of carbonyl (C=O) groups excluding carboxylic acids is 1. The first-order valence-electron chi connectivity index (χ1n) is 10.3. The highest BCUT2D eigenvalue weighted by Crippen LogP contribution is 2.37. The highest BCUT2D eigenvalue weighted by molar-refractivity contribution is 5.87. The molecule has 0 unspecified atom stereocenters. The molecule has 2 aromatic carbocycles.